The molecule has 3 heterocycles. The highest BCUT2D eigenvalue weighted by Gasteiger charge is 2.24. The first-order valence-electron chi connectivity index (χ1n) is 10.5. The fourth-order valence-corrected chi connectivity index (χ4v) is 4.07. The number of hydrogen-bond acceptors (Lipinski definition) is 3. The summed E-state index contributed by atoms with van der Waals surface area (Å²) in [5, 5.41) is 0. The van der Waals surface area contributed by atoms with E-state index in [1.165, 1.54) is 18.2 Å². The van der Waals surface area contributed by atoms with Crippen LogP contribution in [0.5, 0.6) is 0 Å². The van der Waals surface area contributed by atoms with E-state index in [-0.39, 0.29) is 17.5 Å². The third-order valence-electron chi connectivity index (χ3n) is 5.92. The molecule has 2 aromatic heterocycles. The highest BCUT2D eigenvalue weighted by atomic mass is 19.1. The number of pyridine rings is 1. The molecule has 0 aliphatic carbocycles. The summed E-state index contributed by atoms with van der Waals surface area (Å²) in [6.07, 6.45) is 3.64. The Morgan fingerprint density at radius 3 is 2.31 bits per heavy atom. The summed E-state index contributed by atoms with van der Waals surface area (Å²) >= 11 is 0. The van der Waals surface area contributed by atoms with Gasteiger partial charge in [0.05, 0.1) is 0 Å². The zero-order chi connectivity index (χ0) is 22.2. The predicted molar refractivity (Wildman–Crippen MR) is 120 cm³/mol. The summed E-state index contributed by atoms with van der Waals surface area (Å²) in [7, 11) is 0. The minimum Gasteiger partial charge on any atom is -0.368 e. The molecule has 0 N–H and O–H groups in total. The van der Waals surface area contributed by atoms with E-state index in [0.717, 1.165) is 16.8 Å². The number of hydrogen-bond donors (Lipinski definition) is 0. The van der Waals surface area contributed by atoms with Crippen molar-refractivity contribution in [2.75, 3.05) is 31.1 Å². The number of carbonyl (C=O) groups excluding carboxylic acids is 1. The molecule has 5 nitrogen and oxygen atoms in total. The van der Waals surface area contributed by atoms with Crippen molar-refractivity contribution in [3.8, 4) is 11.1 Å². The molecule has 5 rings (SSSR count). The average molecular weight is 432 g/mol. The van der Waals surface area contributed by atoms with E-state index in [9.17, 15) is 13.6 Å². The topological polar surface area (TPSA) is 40.9 Å². The van der Waals surface area contributed by atoms with Crippen molar-refractivity contribution in [1.29, 1.82) is 0 Å². The molecule has 32 heavy (non-hydrogen) atoms. The normalized spacial score (nSPS) is 14.2. The lowest BCUT2D eigenvalue weighted by Crippen LogP contribution is -2.48. The maximum Gasteiger partial charge on any atom is 0.274 e. The Morgan fingerprint density at radius 2 is 1.59 bits per heavy atom. The Balaban J connectivity index is 1.32. The molecule has 7 heteroatoms. The summed E-state index contributed by atoms with van der Waals surface area (Å²) in [6, 6.07) is 15.2. The number of carbonyl (C=O) groups is 1. The van der Waals surface area contributed by atoms with Gasteiger partial charge in [0.2, 0.25) is 0 Å². The lowest BCUT2D eigenvalue weighted by atomic mass is 10.1. The van der Waals surface area contributed by atoms with Crippen molar-refractivity contribution in [3.63, 3.8) is 0 Å². The van der Waals surface area contributed by atoms with Crippen LogP contribution >= 0.6 is 0 Å². The predicted octanol–water partition coefficient (Wildman–Crippen LogP) is 4.55. The fraction of sp³-hybridized carbons (Fsp3) is 0.200. The number of rotatable bonds is 3. The lowest BCUT2D eigenvalue weighted by molar-refractivity contribution is 0.0741. The van der Waals surface area contributed by atoms with Gasteiger partial charge in [-0.05, 0) is 72.1 Å². The Hall–Kier alpha value is -3.74. The summed E-state index contributed by atoms with van der Waals surface area (Å²) < 4.78 is 28.6. The summed E-state index contributed by atoms with van der Waals surface area (Å²) in [6.45, 7) is 4.24. The van der Waals surface area contributed by atoms with Gasteiger partial charge in [-0.25, -0.2) is 13.8 Å². The molecular weight excluding hydrogens is 410 g/mol. The van der Waals surface area contributed by atoms with Crippen LogP contribution in [0.3, 0.4) is 0 Å². The van der Waals surface area contributed by atoms with Gasteiger partial charge in [0.15, 0.2) is 0 Å². The van der Waals surface area contributed by atoms with Gasteiger partial charge in [-0.3, -0.25) is 4.79 Å². The number of aryl methyl sites for hydroxylation is 1. The fourth-order valence-electron chi connectivity index (χ4n) is 4.07. The first kappa shape index (κ1) is 20.2. The van der Waals surface area contributed by atoms with Crippen LogP contribution in [0.15, 0.2) is 67.0 Å². The van der Waals surface area contributed by atoms with E-state index < -0.39 is 0 Å². The van der Waals surface area contributed by atoms with Crippen LogP contribution in [0, 0.1) is 18.6 Å². The number of nitrogens with zero attached hydrogens (tertiary/aromatic N) is 4. The molecule has 1 amide bonds. The van der Waals surface area contributed by atoms with Crippen LogP contribution in [-0.2, 0) is 0 Å². The number of imidazole rings is 1. The van der Waals surface area contributed by atoms with Crippen molar-refractivity contribution in [2.24, 2.45) is 0 Å². The van der Waals surface area contributed by atoms with Gasteiger partial charge in [0, 0.05) is 44.3 Å². The highest BCUT2D eigenvalue weighted by molar-refractivity contribution is 5.93. The Morgan fingerprint density at radius 1 is 0.875 bits per heavy atom. The zero-order valence-electron chi connectivity index (χ0n) is 17.6. The van der Waals surface area contributed by atoms with Crippen molar-refractivity contribution < 1.29 is 13.6 Å². The molecule has 1 aliphatic heterocycles. The molecule has 0 bridgehead atoms. The quantitative estimate of drug-likeness (QED) is 0.477. The third-order valence-corrected chi connectivity index (χ3v) is 5.92. The molecule has 1 fully saturated rings. The van der Waals surface area contributed by atoms with Gasteiger partial charge in [0.1, 0.15) is 23.0 Å². The molecule has 4 aromatic rings. The van der Waals surface area contributed by atoms with Crippen molar-refractivity contribution in [3.05, 3.63) is 89.9 Å². The lowest BCUT2D eigenvalue weighted by Gasteiger charge is -2.35. The van der Waals surface area contributed by atoms with Gasteiger partial charge >= 0.3 is 0 Å². The molecule has 1 aliphatic rings. The summed E-state index contributed by atoms with van der Waals surface area (Å²) in [4.78, 5) is 21.5. The van der Waals surface area contributed by atoms with Crippen LogP contribution in [0.4, 0.5) is 14.5 Å². The molecule has 0 atom stereocenters. The smallest absolute Gasteiger partial charge is 0.274 e. The summed E-state index contributed by atoms with van der Waals surface area (Å²) in [5.41, 5.74) is 4.45. The van der Waals surface area contributed by atoms with Gasteiger partial charge in [-0.15, -0.1) is 0 Å². The van der Waals surface area contributed by atoms with E-state index in [4.69, 9.17) is 0 Å². The monoisotopic (exact) mass is 432 g/mol. The molecule has 0 spiro atoms. The van der Waals surface area contributed by atoms with E-state index in [1.807, 2.05) is 22.7 Å². The number of anilines is 1. The van der Waals surface area contributed by atoms with E-state index >= 15 is 0 Å². The third kappa shape index (κ3) is 3.82. The average Bonchev–Trinajstić information content (AvgIpc) is 3.24. The zero-order valence-corrected chi connectivity index (χ0v) is 17.6. The van der Waals surface area contributed by atoms with E-state index in [0.29, 0.717) is 43.1 Å². The Kier molecular flexibility index (Phi) is 5.09. The second kappa shape index (κ2) is 8.07. The van der Waals surface area contributed by atoms with Gasteiger partial charge in [-0.1, -0.05) is 6.07 Å². The van der Waals surface area contributed by atoms with Gasteiger partial charge in [0.25, 0.3) is 5.91 Å². The number of piperazine rings is 1. The van der Waals surface area contributed by atoms with Crippen molar-refractivity contribution in [2.45, 2.75) is 6.92 Å². The van der Waals surface area contributed by atoms with E-state index in [1.54, 1.807) is 42.3 Å². The molecule has 1 saturated heterocycles. The second-order valence-electron chi connectivity index (χ2n) is 8.03. The van der Waals surface area contributed by atoms with E-state index in [2.05, 4.69) is 9.88 Å². The van der Waals surface area contributed by atoms with Gasteiger partial charge < -0.3 is 14.2 Å². The number of benzene rings is 2. The van der Waals surface area contributed by atoms with Crippen molar-refractivity contribution >= 4 is 17.2 Å². The van der Waals surface area contributed by atoms with Crippen LogP contribution in [0.2, 0.25) is 0 Å². The number of aromatic nitrogens is 2. The van der Waals surface area contributed by atoms with Crippen LogP contribution < -0.4 is 4.90 Å². The van der Waals surface area contributed by atoms with Crippen LogP contribution in [-0.4, -0.2) is 46.4 Å². The SMILES string of the molecule is Cc1cc(-c2ccc3nc(C(=O)N4CCN(c5ccc(F)cc5)CC4)cn3c2)ccc1F. The Labute approximate surface area is 184 Å². The van der Waals surface area contributed by atoms with Crippen molar-refractivity contribution in [1.82, 2.24) is 14.3 Å². The number of halogens is 2. The highest BCUT2D eigenvalue weighted by Crippen LogP contribution is 2.23. The molecule has 0 saturated carbocycles. The first-order valence-corrected chi connectivity index (χ1v) is 10.5. The molecule has 0 unspecified atom stereocenters. The molecule has 0 radical (unpaired) electrons. The minimum absolute atomic E-state index is 0.105. The van der Waals surface area contributed by atoms with Gasteiger partial charge in [-0.2, -0.15) is 0 Å². The largest absolute Gasteiger partial charge is 0.368 e. The maximum absolute atomic E-state index is 13.6. The second-order valence-corrected chi connectivity index (χ2v) is 8.03. The molecular formula is C25H22F2N4O. The maximum atomic E-state index is 13.6. The van der Waals surface area contributed by atoms with Crippen LogP contribution in [0.25, 0.3) is 16.8 Å². The minimum atomic E-state index is -0.257. The first-order chi connectivity index (χ1) is 15.5. The Bertz CT molecular complexity index is 1290. The summed E-state index contributed by atoms with van der Waals surface area (Å²) in [5.74, 6) is -0.594. The van der Waals surface area contributed by atoms with Crippen LogP contribution in [0.1, 0.15) is 16.1 Å². The molecule has 2 aromatic carbocycles. The number of amides is 1. The standard InChI is InChI=1S/C25H22F2N4O/c1-17-14-18(2-8-22(17)27)19-3-9-24-28-23(16-31(24)15-19)25(32)30-12-10-29(11-13-30)21-6-4-20(26)5-7-21/h2-9,14-16H,10-13H2,1H3. The molecule has 162 valence electrons. The number of fused-ring (bicyclic) bond motifs is 1.